The van der Waals surface area contributed by atoms with E-state index in [0.29, 0.717) is 6.92 Å². The third-order valence-corrected chi connectivity index (χ3v) is 1.42. The summed E-state index contributed by atoms with van der Waals surface area (Å²) in [6.07, 6.45) is 0. The van der Waals surface area contributed by atoms with Crippen LogP contribution in [0.2, 0.25) is 0 Å². The van der Waals surface area contributed by atoms with E-state index in [4.69, 9.17) is 10.2 Å². The SMILES string of the molecule is C=C.CC(O)(O)S(=O)(=O)[O-].[Na+]. The molecular weight excluding hydrogens is 183 g/mol. The summed E-state index contributed by atoms with van der Waals surface area (Å²) in [6.45, 7) is 6.48. The van der Waals surface area contributed by atoms with E-state index in [0.717, 1.165) is 0 Å². The van der Waals surface area contributed by atoms with Crippen molar-refractivity contribution in [2.24, 2.45) is 0 Å². The average molecular weight is 192 g/mol. The third kappa shape index (κ3) is 8.48. The quantitative estimate of drug-likeness (QED) is 0.191. The second kappa shape index (κ2) is 6.13. The van der Waals surface area contributed by atoms with Crippen molar-refractivity contribution in [3.05, 3.63) is 13.2 Å². The van der Waals surface area contributed by atoms with Gasteiger partial charge in [0.05, 0.1) is 0 Å². The molecule has 62 valence electrons. The number of rotatable bonds is 1. The molecule has 0 saturated heterocycles. The maximum atomic E-state index is 9.60. The van der Waals surface area contributed by atoms with E-state index in [1.165, 1.54) is 0 Å². The molecule has 0 saturated carbocycles. The third-order valence-electron chi connectivity index (χ3n) is 0.474. The van der Waals surface area contributed by atoms with Crippen LogP contribution in [0.1, 0.15) is 6.92 Å². The molecule has 0 aromatic heterocycles. The monoisotopic (exact) mass is 192 g/mol. The molecule has 0 amide bonds. The van der Waals surface area contributed by atoms with Gasteiger partial charge in [0.25, 0.3) is 5.12 Å². The van der Waals surface area contributed by atoms with Crippen molar-refractivity contribution in [2.45, 2.75) is 12.0 Å². The second-order valence-corrected chi connectivity index (χ2v) is 3.07. The van der Waals surface area contributed by atoms with Gasteiger partial charge in [-0.3, -0.25) is 0 Å². The van der Waals surface area contributed by atoms with Crippen LogP contribution < -0.4 is 29.6 Å². The fourth-order valence-electron chi connectivity index (χ4n) is 0. The minimum atomic E-state index is -4.98. The summed E-state index contributed by atoms with van der Waals surface area (Å²) < 4.78 is 28.8. The van der Waals surface area contributed by atoms with Crippen molar-refractivity contribution in [3.63, 3.8) is 0 Å². The number of hydrogen-bond acceptors (Lipinski definition) is 5. The van der Waals surface area contributed by atoms with E-state index in [2.05, 4.69) is 13.2 Å². The van der Waals surface area contributed by atoms with Crippen molar-refractivity contribution in [3.8, 4) is 0 Å². The van der Waals surface area contributed by atoms with Gasteiger partial charge in [-0.25, -0.2) is 8.42 Å². The molecule has 0 aliphatic carbocycles. The van der Waals surface area contributed by atoms with Gasteiger partial charge < -0.3 is 14.8 Å². The van der Waals surface area contributed by atoms with Gasteiger partial charge in [-0.1, -0.05) is 0 Å². The summed E-state index contributed by atoms with van der Waals surface area (Å²) in [5, 5.41) is 12.9. The summed E-state index contributed by atoms with van der Waals surface area (Å²) in [7, 11) is -4.98. The summed E-state index contributed by atoms with van der Waals surface area (Å²) in [5.41, 5.74) is 0. The molecular formula is C4H9NaO5S. The predicted octanol–water partition coefficient (Wildman–Crippen LogP) is -4.00. The van der Waals surface area contributed by atoms with E-state index < -0.39 is 15.2 Å². The van der Waals surface area contributed by atoms with E-state index in [-0.39, 0.29) is 29.6 Å². The molecule has 2 N–H and O–H groups in total. The Morgan fingerprint density at radius 1 is 1.36 bits per heavy atom. The second-order valence-electron chi connectivity index (χ2n) is 1.39. The molecule has 0 bridgehead atoms. The van der Waals surface area contributed by atoms with Crippen LogP contribution in [-0.4, -0.2) is 28.3 Å². The van der Waals surface area contributed by atoms with Crippen LogP contribution in [0, 0.1) is 0 Å². The molecule has 0 unspecified atom stereocenters. The zero-order chi connectivity index (χ0) is 9.00. The summed E-state index contributed by atoms with van der Waals surface area (Å²) in [6, 6.07) is 0. The van der Waals surface area contributed by atoms with Crippen LogP contribution in [0.15, 0.2) is 13.2 Å². The fourth-order valence-corrected chi connectivity index (χ4v) is 0. The Kier molecular flexibility index (Phi) is 9.80. The van der Waals surface area contributed by atoms with Gasteiger partial charge >= 0.3 is 29.6 Å². The van der Waals surface area contributed by atoms with Gasteiger partial charge in [0, 0.05) is 6.92 Å². The first-order valence-electron chi connectivity index (χ1n) is 2.15. The molecule has 0 aliphatic heterocycles. The van der Waals surface area contributed by atoms with Crippen molar-refractivity contribution in [1.29, 1.82) is 0 Å². The molecule has 0 heterocycles. The van der Waals surface area contributed by atoms with E-state index in [9.17, 15) is 13.0 Å². The van der Waals surface area contributed by atoms with Crippen molar-refractivity contribution < 1.29 is 52.7 Å². The van der Waals surface area contributed by atoms with Crippen LogP contribution in [0.4, 0.5) is 0 Å². The molecule has 0 aliphatic rings. The smallest absolute Gasteiger partial charge is 0.744 e. The Hall–Kier alpha value is 0.570. The van der Waals surface area contributed by atoms with Crippen LogP contribution in [0.3, 0.4) is 0 Å². The first-order chi connectivity index (χ1) is 4.25. The molecule has 0 spiro atoms. The first-order valence-corrected chi connectivity index (χ1v) is 3.56. The molecule has 5 nitrogen and oxygen atoms in total. The molecule has 0 aromatic carbocycles. The van der Waals surface area contributed by atoms with Gasteiger partial charge in [0.1, 0.15) is 0 Å². The van der Waals surface area contributed by atoms with Crippen LogP contribution in [0.25, 0.3) is 0 Å². The largest absolute Gasteiger partial charge is 1.00 e. The minimum absolute atomic E-state index is 0. The van der Waals surface area contributed by atoms with E-state index in [1.807, 2.05) is 0 Å². The first kappa shape index (κ1) is 17.6. The van der Waals surface area contributed by atoms with Gasteiger partial charge in [-0.2, -0.15) is 0 Å². The van der Waals surface area contributed by atoms with Crippen LogP contribution in [0.5, 0.6) is 0 Å². The summed E-state index contributed by atoms with van der Waals surface area (Å²) in [4.78, 5) is 0. The van der Waals surface area contributed by atoms with Crippen LogP contribution >= 0.6 is 0 Å². The molecule has 0 radical (unpaired) electrons. The maximum Gasteiger partial charge on any atom is 1.00 e. The van der Waals surface area contributed by atoms with Crippen molar-refractivity contribution in [1.82, 2.24) is 0 Å². The normalized spacial score (nSPS) is 10.5. The predicted molar refractivity (Wildman–Crippen MR) is 33.8 cm³/mol. The summed E-state index contributed by atoms with van der Waals surface area (Å²) in [5.74, 6) is 0. The van der Waals surface area contributed by atoms with Gasteiger partial charge in [-0.15, -0.1) is 13.2 Å². The van der Waals surface area contributed by atoms with Crippen molar-refractivity contribution >= 4 is 10.1 Å². The van der Waals surface area contributed by atoms with Gasteiger partial charge in [0.15, 0.2) is 10.1 Å². The van der Waals surface area contributed by atoms with E-state index in [1.54, 1.807) is 0 Å². The van der Waals surface area contributed by atoms with Crippen LogP contribution in [-0.2, 0) is 10.1 Å². The molecule has 7 heteroatoms. The summed E-state index contributed by atoms with van der Waals surface area (Å²) >= 11 is 0. The maximum absolute atomic E-state index is 9.60. The Balaban J connectivity index is -0.000000196. The Labute approximate surface area is 87.8 Å². The van der Waals surface area contributed by atoms with Crippen molar-refractivity contribution in [2.75, 3.05) is 0 Å². The molecule has 0 rings (SSSR count). The molecule has 11 heavy (non-hydrogen) atoms. The van der Waals surface area contributed by atoms with E-state index >= 15 is 0 Å². The minimum Gasteiger partial charge on any atom is -0.744 e. The van der Waals surface area contributed by atoms with Gasteiger partial charge in [-0.05, 0) is 0 Å². The average Bonchev–Trinajstić information content (AvgIpc) is 1.66. The number of aliphatic hydroxyl groups is 2. The standard InChI is InChI=1S/C2H6O5S.C2H4.Na/c1-2(3,4)8(5,6)7;1-2;/h3-4H,1H3,(H,5,6,7);1-2H2;/q;;+1/p-1. The zero-order valence-electron chi connectivity index (χ0n) is 6.44. The molecule has 0 fully saturated rings. The topological polar surface area (TPSA) is 97.7 Å². The van der Waals surface area contributed by atoms with Gasteiger partial charge in [0.2, 0.25) is 0 Å². The Morgan fingerprint density at radius 3 is 1.45 bits per heavy atom. The molecule has 0 atom stereocenters. The zero-order valence-corrected chi connectivity index (χ0v) is 9.26. The Bertz CT molecular complexity index is 179. The Morgan fingerprint density at radius 2 is 1.45 bits per heavy atom. The fraction of sp³-hybridized carbons (Fsp3) is 0.500. The number of hydrogen-bond donors (Lipinski definition) is 2. The molecule has 0 aromatic rings.